The van der Waals surface area contributed by atoms with Gasteiger partial charge in [-0.1, -0.05) is 59.6 Å². The van der Waals surface area contributed by atoms with E-state index >= 15 is 0 Å². The van der Waals surface area contributed by atoms with Crippen molar-refractivity contribution in [3.63, 3.8) is 0 Å². The Labute approximate surface area is 235 Å². The summed E-state index contributed by atoms with van der Waals surface area (Å²) in [5, 5.41) is 48.8. The quantitative estimate of drug-likeness (QED) is 0.0714. The number of unbranched alkanes of at least 4 members (excludes halogenated alkanes) is 2. The van der Waals surface area contributed by atoms with Gasteiger partial charge in [-0.15, -0.1) is 0 Å². The number of rotatable bonds is 15. The second-order valence-electron chi connectivity index (χ2n) is 7.16. The van der Waals surface area contributed by atoms with Crippen LogP contribution >= 0.6 is 0 Å². The van der Waals surface area contributed by atoms with Crippen molar-refractivity contribution in [2.24, 2.45) is 5.41 Å². The standard InChI is InChI=1S/C12H18O4.C6H14O3.3C3H4O2/c1-4-7-8-9-12(15-10(13)5-2)16-11(14)6-3;1-2-6(3-7,4-8)5-9;3*1-2-3(4)5/h5-6,12H,2-4,7-9H2,1H3;7-9H,2-5H2,1H3;3*2H,1H2,(H,4,5). The van der Waals surface area contributed by atoms with Gasteiger partial charge < -0.3 is 40.1 Å². The normalized spacial score (nSPS) is 8.95. The number of carboxylic acids is 3. The SMILES string of the molecule is C=CC(=O)O.C=CC(=O)O.C=CC(=O)O.C=CC(=O)OC(CCCCC)OC(=O)C=C.CCC(CO)(CO)CO. The molecular weight excluding hydrogens is 532 g/mol. The minimum atomic E-state index is -0.981. The monoisotopic (exact) mass is 576 g/mol. The summed E-state index contributed by atoms with van der Waals surface area (Å²) in [6, 6.07) is 0. The molecule has 0 bridgehead atoms. The van der Waals surface area contributed by atoms with E-state index in [0.717, 1.165) is 49.6 Å². The van der Waals surface area contributed by atoms with Gasteiger partial charge in [0, 0.05) is 42.2 Å². The number of carbonyl (C=O) groups excluding carboxylic acids is 2. The van der Waals surface area contributed by atoms with Crippen LogP contribution in [0, 0.1) is 5.41 Å². The Hall–Kier alpha value is -4.07. The van der Waals surface area contributed by atoms with Gasteiger partial charge in [0.05, 0.1) is 19.8 Å². The van der Waals surface area contributed by atoms with Gasteiger partial charge in [-0.3, -0.25) is 0 Å². The fraction of sp³-hybridized carbons (Fsp3) is 0.444. The number of hydrogen-bond donors (Lipinski definition) is 6. The highest BCUT2D eigenvalue weighted by atomic mass is 16.7. The zero-order valence-corrected chi connectivity index (χ0v) is 23.2. The molecule has 0 heterocycles. The van der Waals surface area contributed by atoms with E-state index in [1.807, 2.05) is 6.92 Å². The number of aliphatic hydroxyl groups excluding tert-OH is 3. The van der Waals surface area contributed by atoms with Gasteiger partial charge in [0.25, 0.3) is 0 Å². The summed E-state index contributed by atoms with van der Waals surface area (Å²) in [6.45, 7) is 18.8. The van der Waals surface area contributed by atoms with Crippen LogP contribution in [0.1, 0.15) is 46.0 Å². The van der Waals surface area contributed by atoms with Crippen molar-refractivity contribution in [2.75, 3.05) is 19.8 Å². The molecule has 0 spiro atoms. The van der Waals surface area contributed by atoms with Crippen molar-refractivity contribution in [1.82, 2.24) is 0 Å². The molecule has 0 atom stereocenters. The highest BCUT2D eigenvalue weighted by Gasteiger charge is 2.24. The van der Waals surface area contributed by atoms with Crippen LogP contribution < -0.4 is 0 Å². The van der Waals surface area contributed by atoms with Crippen molar-refractivity contribution in [1.29, 1.82) is 0 Å². The van der Waals surface area contributed by atoms with Gasteiger partial charge in [0.1, 0.15) is 0 Å². The van der Waals surface area contributed by atoms with Crippen molar-refractivity contribution in [3.8, 4) is 0 Å². The Bertz CT molecular complexity index is 686. The van der Waals surface area contributed by atoms with Crippen LogP contribution in [0.3, 0.4) is 0 Å². The summed E-state index contributed by atoms with van der Waals surface area (Å²) in [5.74, 6) is -4.14. The van der Waals surface area contributed by atoms with Gasteiger partial charge >= 0.3 is 29.8 Å². The highest BCUT2D eigenvalue weighted by molar-refractivity contribution is 5.83. The maximum atomic E-state index is 11.0. The first-order chi connectivity index (χ1) is 18.7. The zero-order chi connectivity index (χ0) is 32.6. The van der Waals surface area contributed by atoms with Crippen molar-refractivity contribution >= 4 is 29.8 Å². The van der Waals surface area contributed by atoms with E-state index in [-0.39, 0.29) is 19.8 Å². The molecule has 0 radical (unpaired) electrons. The molecule has 0 aromatic heterocycles. The van der Waals surface area contributed by atoms with Crippen LogP contribution in [0.15, 0.2) is 63.3 Å². The number of carbonyl (C=O) groups is 5. The molecule has 0 aromatic carbocycles. The third-order valence-electron chi connectivity index (χ3n) is 4.15. The molecule has 0 unspecified atom stereocenters. The summed E-state index contributed by atoms with van der Waals surface area (Å²) >= 11 is 0. The summed E-state index contributed by atoms with van der Waals surface area (Å²) in [7, 11) is 0. The number of carboxylic acid groups (broad SMARTS) is 3. The molecule has 13 heteroatoms. The predicted molar refractivity (Wildman–Crippen MR) is 148 cm³/mol. The molecule has 0 amide bonds. The van der Waals surface area contributed by atoms with E-state index in [1.54, 1.807) is 0 Å². The lowest BCUT2D eigenvalue weighted by Gasteiger charge is -2.24. The number of esters is 2. The van der Waals surface area contributed by atoms with Crippen LogP contribution in [-0.4, -0.2) is 86.6 Å². The maximum absolute atomic E-state index is 11.0. The van der Waals surface area contributed by atoms with Gasteiger partial charge in [-0.2, -0.15) is 0 Å². The molecule has 0 aliphatic rings. The second kappa shape index (κ2) is 33.0. The average Bonchev–Trinajstić information content (AvgIpc) is 2.95. The van der Waals surface area contributed by atoms with Crippen LogP contribution in [0.25, 0.3) is 0 Å². The number of hydrogen-bond acceptors (Lipinski definition) is 10. The van der Waals surface area contributed by atoms with Crippen molar-refractivity contribution in [2.45, 2.75) is 52.2 Å². The Morgan fingerprint density at radius 2 is 0.950 bits per heavy atom. The van der Waals surface area contributed by atoms with Gasteiger partial charge in [-0.05, 0) is 12.8 Å². The minimum Gasteiger partial charge on any atom is -0.478 e. The third-order valence-corrected chi connectivity index (χ3v) is 4.15. The van der Waals surface area contributed by atoms with E-state index in [9.17, 15) is 24.0 Å². The fourth-order valence-corrected chi connectivity index (χ4v) is 1.54. The summed E-state index contributed by atoms with van der Waals surface area (Å²) < 4.78 is 9.74. The van der Waals surface area contributed by atoms with E-state index in [4.69, 9.17) is 40.1 Å². The van der Waals surface area contributed by atoms with Gasteiger partial charge in [0.2, 0.25) is 6.29 Å². The maximum Gasteiger partial charge on any atom is 0.333 e. The first kappa shape index (κ1) is 45.8. The molecule has 0 saturated heterocycles. The molecule has 13 nitrogen and oxygen atoms in total. The summed E-state index contributed by atoms with van der Waals surface area (Å²) in [5.41, 5.74) is -0.667. The van der Waals surface area contributed by atoms with E-state index < -0.39 is 41.6 Å². The fourth-order valence-electron chi connectivity index (χ4n) is 1.54. The smallest absolute Gasteiger partial charge is 0.333 e. The lowest BCUT2D eigenvalue weighted by molar-refractivity contribution is -0.182. The highest BCUT2D eigenvalue weighted by Crippen LogP contribution is 2.18. The van der Waals surface area contributed by atoms with Crippen molar-refractivity contribution in [3.05, 3.63) is 63.3 Å². The van der Waals surface area contributed by atoms with E-state index in [2.05, 4.69) is 39.8 Å². The number of aliphatic carboxylic acids is 3. The first-order valence-electron chi connectivity index (χ1n) is 11.7. The molecule has 6 N–H and O–H groups in total. The van der Waals surface area contributed by atoms with Gasteiger partial charge in [0.15, 0.2) is 0 Å². The molecular formula is C27H44O13. The summed E-state index contributed by atoms with van der Waals surface area (Å²) in [4.78, 5) is 49.7. The molecule has 0 rings (SSSR count). The lowest BCUT2D eigenvalue weighted by Crippen LogP contribution is -2.32. The molecule has 0 aromatic rings. The van der Waals surface area contributed by atoms with Crippen LogP contribution in [0.2, 0.25) is 0 Å². The van der Waals surface area contributed by atoms with E-state index in [1.165, 1.54) is 0 Å². The van der Waals surface area contributed by atoms with Crippen molar-refractivity contribution < 1.29 is 64.1 Å². The third kappa shape index (κ3) is 38.5. The van der Waals surface area contributed by atoms with Crippen LogP contribution in [0.5, 0.6) is 0 Å². The molecule has 230 valence electrons. The van der Waals surface area contributed by atoms with Crippen LogP contribution in [0.4, 0.5) is 0 Å². The largest absolute Gasteiger partial charge is 0.478 e. The molecule has 0 fully saturated rings. The first-order valence-corrected chi connectivity index (χ1v) is 11.7. The van der Waals surface area contributed by atoms with Crippen LogP contribution in [-0.2, 0) is 33.4 Å². The number of ether oxygens (including phenoxy) is 2. The summed E-state index contributed by atoms with van der Waals surface area (Å²) in [6.07, 6.45) is 7.68. The molecule has 0 saturated carbocycles. The Morgan fingerprint density at radius 1 is 0.650 bits per heavy atom. The Balaban J connectivity index is -0.000000143. The minimum absolute atomic E-state index is 0.156. The predicted octanol–water partition coefficient (Wildman–Crippen LogP) is 2.48. The lowest BCUT2D eigenvalue weighted by atomic mass is 9.88. The average molecular weight is 577 g/mol. The molecule has 0 aliphatic heterocycles. The zero-order valence-electron chi connectivity index (χ0n) is 23.2. The molecule has 0 aliphatic carbocycles. The Morgan fingerprint density at radius 3 is 1.10 bits per heavy atom. The Kier molecular flexibility index (Phi) is 37.8. The van der Waals surface area contributed by atoms with E-state index in [0.29, 0.717) is 12.8 Å². The second-order valence-corrected chi connectivity index (χ2v) is 7.16. The number of aliphatic hydroxyl groups is 3. The topological polar surface area (TPSA) is 225 Å². The van der Waals surface area contributed by atoms with Gasteiger partial charge in [-0.25, -0.2) is 24.0 Å². The molecule has 40 heavy (non-hydrogen) atoms.